The summed E-state index contributed by atoms with van der Waals surface area (Å²) in [6, 6.07) is 0.0936. The molecule has 0 spiro atoms. The number of alkyl halides is 5. The molecule has 1 aromatic rings. The third-order valence-electron chi connectivity index (χ3n) is 3.70. The number of nitrogens with one attached hydrogen (secondary N) is 1. The van der Waals surface area contributed by atoms with Gasteiger partial charge in [0.25, 0.3) is 5.92 Å². The van der Waals surface area contributed by atoms with E-state index < -0.39 is 35.7 Å². The first-order valence-electron chi connectivity index (χ1n) is 6.22. The van der Waals surface area contributed by atoms with E-state index in [1.165, 1.54) is 0 Å². The van der Waals surface area contributed by atoms with E-state index >= 15 is 0 Å². The molecule has 0 amide bonds. The smallest absolute Gasteiger partial charge is 0.350 e. The number of anilines is 1. The van der Waals surface area contributed by atoms with Crippen LogP contribution in [-0.2, 0) is 12.1 Å². The Morgan fingerprint density at radius 2 is 2.10 bits per heavy atom. The number of hydrogen-bond donors (Lipinski definition) is 1. The van der Waals surface area contributed by atoms with Crippen LogP contribution in [0.5, 0.6) is 0 Å². The van der Waals surface area contributed by atoms with Gasteiger partial charge in [0.15, 0.2) is 0 Å². The molecule has 1 N–H and O–H groups in total. The van der Waals surface area contributed by atoms with Crippen LogP contribution < -0.4 is 10.2 Å². The molecule has 0 unspecified atom stereocenters. The fourth-order valence-corrected chi connectivity index (χ4v) is 2.74. The van der Waals surface area contributed by atoms with Gasteiger partial charge in [-0.15, -0.1) is 0 Å². The van der Waals surface area contributed by atoms with Crippen molar-refractivity contribution < 1.29 is 22.0 Å². The second-order valence-electron chi connectivity index (χ2n) is 5.05. The average molecular weight is 293 g/mol. The first-order chi connectivity index (χ1) is 9.29. The van der Waals surface area contributed by atoms with Gasteiger partial charge in [-0.05, 0) is 6.07 Å². The predicted octanol–water partition coefficient (Wildman–Crippen LogP) is 2.37. The van der Waals surface area contributed by atoms with Gasteiger partial charge in [-0.3, -0.25) is 0 Å². The highest BCUT2D eigenvalue weighted by Crippen LogP contribution is 2.45. The quantitative estimate of drug-likeness (QED) is 0.744. The number of pyridine rings is 1. The van der Waals surface area contributed by atoms with Gasteiger partial charge in [-0.25, -0.2) is 13.8 Å². The van der Waals surface area contributed by atoms with E-state index in [-0.39, 0.29) is 5.82 Å². The van der Waals surface area contributed by atoms with E-state index in [0.29, 0.717) is 31.9 Å². The highest BCUT2D eigenvalue weighted by Gasteiger charge is 2.47. The van der Waals surface area contributed by atoms with Crippen LogP contribution in [0.1, 0.15) is 17.5 Å². The van der Waals surface area contributed by atoms with Crippen molar-refractivity contribution in [1.82, 2.24) is 10.3 Å². The standard InChI is InChI=1S/C12H12F5N3/c13-11(14)4-8-6-18-1-2-20(8)10-9(11)3-7(5-19-10)12(15,16)17/h3,5,8,18H,1-2,4,6H2/t8-/m0/s1. The SMILES string of the molecule is FC(F)(F)c1cnc2c(c1)C(F)(F)C[C@H]1CNCCN21. The molecule has 3 rings (SSSR count). The number of rotatable bonds is 0. The normalized spacial score (nSPS) is 25.1. The van der Waals surface area contributed by atoms with Crippen LogP contribution in [0.2, 0.25) is 0 Å². The van der Waals surface area contributed by atoms with Gasteiger partial charge in [0.1, 0.15) is 5.82 Å². The van der Waals surface area contributed by atoms with Crippen LogP contribution in [0.15, 0.2) is 12.3 Å². The third-order valence-corrected chi connectivity index (χ3v) is 3.70. The molecule has 0 radical (unpaired) electrons. The Kier molecular flexibility index (Phi) is 2.89. The molecule has 0 saturated carbocycles. The zero-order chi connectivity index (χ0) is 14.5. The lowest BCUT2D eigenvalue weighted by Crippen LogP contribution is -2.56. The molecule has 3 heterocycles. The molecule has 110 valence electrons. The lowest BCUT2D eigenvalue weighted by Gasteiger charge is -2.44. The second kappa shape index (κ2) is 4.28. The van der Waals surface area contributed by atoms with Crippen LogP contribution in [0.4, 0.5) is 27.8 Å². The Morgan fingerprint density at radius 3 is 2.80 bits per heavy atom. The molecule has 1 saturated heterocycles. The van der Waals surface area contributed by atoms with Crippen molar-refractivity contribution in [2.24, 2.45) is 0 Å². The topological polar surface area (TPSA) is 28.2 Å². The van der Waals surface area contributed by atoms with Crippen molar-refractivity contribution in [3.63, 3.8) is 0 Å². The van der Waals surface area contributed by atoms with Crippen molar-refractivity contribution >= 4 is 5.82 Å². The van der Waals surface area contributed by atoms with Crippen LogP contribution in [0.3, 0.4) is 0 Å². The molecule has 1 atom stereocenters. The molecule has 1 aromatic heterocycles. The van der Waals surface area contributed by atoms with E-state index in [9.17, 15) is 22.0 Å². The van der Waals surface area contributed by atoms with E-state index in [4.69, 9.17) is 0 Å². The minimum Gasteiger partial charge on any atom is -0.350 e. The Labute approximate surface area is 111 Å². The van der Waals surface area contributed by atoms with Gasteiger partial charge in [-0.2, -0.15) is 13.2 Å². The molecule has 3 nitrogen and oxygen atoms in total. The molecule has 2 aliphatic rings. The number of nitrogens with zero attached hydrogens (tertiary/aromatic N) is 2. The molecule has 8 heteroatoms. The highest BCUT2D eigenvalue weighted by atomic mass is 19.4. The summed E-state index contributed by atoms with van der Waals surface area (Å²) in [5, 5.41) is 3.01. The number of piperazine rings is 1. The largest absolute Gasteiger partial charge is 0.417 e. The minimum atomic E-state index is -4.67. The maximum absolute atomic E-state index is 14.1. The summed E-state index contributed by atoms with van der Waals surface area (Å²) in [5.41, 5.74) is -1.75. The van der Waals surface area contributed by atoms with Gasteiger partial charge < -0.3 is 10.2 Å². The van der Waals surface area contributed by atoms with E-state index in [1.807, 2.05) is 0 Å². The molecule has 0 bridgehead atoms. The van der Waals surface area contributed by atoms with Crippen LogP contribution in [0.25, 0.3) is 0 Å². The molecule has 0 aromatic carbocycles. The molecule has 1 fully saturated rings. The zero-order valence-electron chi connectivity index (χ0n) is 10.3. The summed E-state index contributed by atoms with van der Waals surface area (Å²) < 4.78 is 66.1. The fraction of sp³-hybridized carbons (Fsp3) is 0.583. The molecular weight excluding hydrogens is 281 g/mol. The number of fused-ring (bicyclic) bond motifs is 3. The van der Waals surface area contributed by atoms with Gasteiger partial charge >= 0.3 is 6.18 Å². The summed E-state index contributed by atoms with van der Waals surface area (Å²) in [7, 11) is 0. The Morgan fingerprint density at radius 1 is 1.35 bits per heavy atom. The molecule has 20 heavy (non-hydrogen) atoms. The van der Waals surface area contributed by atoms with E-state index in [2.05, 4.69) is 10.3 Å². The first-order valence-corrected chi connectivity index (χ1v) is 6.22. The van der Waals surface area contributed by atoms with E-state index in [0.717, 1.165) is 0 Å². The number of hydrogen-bond acceptors (Lipinski definition) is 3. The first kappa shape index (κ1) is 13.5. The predicted molar refractivity (Wildman–Crippen MR) is 61.8 cm³/mol. The maximum atomic E-state index is 14.1. The third kappa shape index (κ3) is 2.11. The maximum Gasteiger partial charge on any atom is 0.417 e. The lowest BCUT2D eigenvalue weighted by atomic mass is 9.92. The number of halogens is 5. The molecular formula is C12H12F5N3. The van der Waals surface area contributed by atoms with Crippen LogP contribution in [0, 0.1) is 0 Å². The van der Waals surface area contributed by atoms with Crippen LogP contribution >= 0.6 is 0 Å². The monoisotopic (exact) mass is 293 g/mol. The van der Waals surface area contributed by atoms with Gasteiger partial charge in [0, 0.05) is 38.3 Å². The van der Waals surface area contributed by atoms with Crippen LogP contribution in [-0.4, -0.2) is 30.7 Å². The fourth-order valence-electron chi connectivity index (χ4n) is 2.74. The van der Waals surface area contributed by atoms with Gasteiger partial charge in [0.2, 0.25) is 0 Å². The summed E-state index contributed by atoms with van der Waals surface area (Å²) in [6.45, 7) is 1.45. The Bertz CT molecular complexity index is 528. The molecule has 0 aliphatic carbocycles. The minimum absolute atomic E-state index is 0.0271. The lowest BCUT2D eigenvalue weighted by molar-refractivity contribution is -0.138. The second-order valence-corrected chi connectivity index (χ2v) is 5.05. The summed E-state index contributed by atoms with van der Waals surface area (Å²) >= 11 is 0. The van der Waals surface area contributed by atoms with Gasteiger partial charge in [0.05, 0.1) is 11.1 Å². The van der Waals surface area contributed by atoms with Crippen molar-refractivity contribution in [2.75, 3.05) is 24.5 Å². The number of aromatic nitrogens is 1. The van der Waals surface area contributed by atoms with E-state index in [1.54, 1.807) is 4.90 Å². The Hall–Kier alpha value is -1.44. The van der Waals surface area contributed by atoms with Crippen molar-refractivity contribution in [3.8, 4) is 0 Å². The van der Waals surface area contributed by atoms with Gasteiger partial charge in [-0.1, -0.05) is 0 Å². The summed E-state index contributed by atoms with van der Waals surface area (Å²) in [5.74, 6) is -3.31. The van der Waals surface area contributed by atoms with Crippen molar-refractivity contribution in [2.45, 2.75) is 24.6 Å². The highest BCUT2D eigenvalue weighted by molar-refractivity contribution is 5.54. The zero-order valence-corrected chi connectivity index (χ0v) is 10.3. The van der Waals surface area contributed by atoms with Crippen molar-refractivity contribution in [1.29, 1.82) is 0 Å². The molecule has 2 aliphatic heterocycles. The average Bonchev–Trinajstić information content (AvgIpc) is 2.37. The summed E-state index contributed by atoms with van der Waals surface area (Å²) in [4.78, 5) is 5.33. The van der Waals surface area contributed by atoms with Crippen molar-refractivity contribution in [3.05, 3.63) is 23.4 Å². The summed E-state index contributed by atoms with van der Waals surface area (Å²) in [6.07, 6.45) is -4.53. The Balaban J connectivity index is 2.09.